The molecule has 0 spiro atoms. The lowest BCUT2D eigenvalue weighted by atomic mass is 10.0. The van der Waals surface area contributed by atoms with Gasteiger partial charge in [-0.15, -0.1) is 12.4 Å². The van der Waals surface area contributed by atoms with E-state index in [0.29, 0.717) is 5.91 Å². The highest BCUT2D eigenvalue weighted by molar-refractivity contribution is 5.85. The van der Waals surface area contributed by atoms with Crippen molar-refractivity contribution < 1.29 is 14.0 Å². The lowest BCUT2D eigenvalue weighted by Crippen LogP contribution is -2.53. The van der Waals surface area contributed by atoms with Crippen LogP contribution >= 0.6 is 12.4 Å². The molecule has 2 saturated heterocycles. The number of amides is 1. The van der Waals surface area contributed by atoms with E-state index in [9.17, 15) is 4.79 Å². The van der Waals surface area contributed by atoms with Crippen molar-refractivity contribution in [3.05, 3.63) is 0 Å². The molecular weight excluding hydrogens is 408 g/mol. The van der Waals surface area contributed by atoms with Crippen LogP contribution in [0, 0.1) is 0 Å². The van der Waals surface area contributed by atoms with Gasteiger partial charge in [-0.3, -0.25) is 14.2 Å². The molecule has 0 radical (unpaired) electrons. The average molecular weight is 460 g/mol. The molecule has 2 aliphatic rings. The maximum Gasteiger partial charge on any atom is 0.226 e. The summed E-state index contributed by atoms with van der Waals surface area (Å²) >= 11 is 0. The van der Waals surface area contributed by atoms with Crippen LogP contribution in [0.3, 0.4) is 0 Å². The Labute approximate surface area is 199 Å². The van der Waals surface area contributed by atoms with Crippen molar-refractivity contribution in [1.82, 2.24) is 4.90 Å². The fourth-order valence-electron chi connectivity index (χ4n) is 5.15. The Morgan fingerprint density at radius 3 is 1.74 bits per heavy atom. The predicted octanol–water partition coefficient (Wildman–Crippen LogP) is 7.05. The molecule has 5 heteroatoms. The van der Waals surface area contributed by atoms with Gasteiger partial charge in [0.1, 0.15) is 13.2 Å². The largest absolute Gasteiger partial charge is 0.326 e. The first kappa shape index (κ1) is 28.7. The first-order valence-corrected chi connectivity index (χ1v) is 13.5. The van der Waals surface area contributed by atoms with E-state index in [-0.39, 0.29) is 12.4 Å². The predicted molar refractivity (Wildman–Crippen MR) is 133 cm³/mol. The number of rotatable bonds is 19. The Bertz CT molecular complexity index is 441. The molecule has 0 aromatic heterocycles. The average Bonchev–Trinajstić information content (AvgIpc) is 3.37. The topological polar surface area (TPSA) is 29.5 Å². The van der Waals surface area contributed by atoms with Crippen molar-refractivity contribution in [2.45, 2.75) is 122 Å². The molecule has 0 aromatic carbocycles. The Hall–Kier alpha value is -0.320. The van der Waals surface area contributed by atoms with Crippen molar-refractivity contribution in [1.29, 1.82) is 0 Å². The van der Waals surface area contributed by atoms with Crippen LogP contribution in [0.15, 0.2) is 0 Å². The molecule has 2 fully saturated rings. The Kier molecular flexibility index (Phi) is 16.8. The molecule has 2 aliphatic heterocycles. The molecule has 0 bridgehead atoms. The minimum atomic E-state index is 0. The maximum absolute atomic E-state index is 12.0. The number of likely N-dealkylation sites (tertiary alicyclic amines) is 1. The van der Waals surface area contributed by atoms with Gasteiger partial charge in [-0.1, -0.05) is 96.8 Å². The highest BCUT2D eigenvalue weighted by Gasteiger charge is 2.36. The van der Waals surface area contributed by atoms with Crippen LogP contribution in [0.1, 0.15) is 122 Å². The Morgan fingerprint density at radius 1 is 0.806 bits per heavy atom. The molecular formula is C26H52ClN2O2+. The maximum atomic E-state index is 12.0. The van der Waals surface area contributed by atoms with Gasteiger partial charge in [0.05, 0.1) is 6.54 Å². The minimum Gasteiger partial charge on any atom is -0.326 e. The fourth-order valence-corrected chi connectivity index (χ4v) is 5.15. The Morgan fingerprint density at radius 2 is 1.32 bits per heavy atom. The van der Waals surface area contributed by atoms with Crippen LogP contribution in [0.2, 0.25) is 0 Å². The zero-order chi connectivity index (χ0) is 21.3. The van der Waals surface area contributed by atoms with Crippen LogP contribution in [0.25, 0.3) is 0 Å². The molecule has 2 heterocycles. The molecule has 2 rings (SSSR count). The van der Waals surface area contributed by atoms with E-state index in [2.05, 4.69) is 11.8 Å². The van der Waals surface area contributed by atoms with Gasteiger partial charge in [0.2, 0.25) is 5.91 Å². The smallest absolute Gasteiger partial charge is 0.226 e. The van der Waals surface area contributed by atoms with Crippen LogP contribution in [-0.2, 0) is 9.53 Å². The lowest BCUT2D eigenvalue weighted by Gasteiger charge is -2.35. The Balaban J connectivity index is 0.00000480. The van der Waals surface area contributed by atoms with Crippen molar-refractivity contribution >= 4 is 18.3 Å². The first-order valence-electron chi connectivity index (χ1n) is 13.5. The van der Waals surface area contributed by atoms with E-state index in [0.717, 1.165) is 50.4 Å². The molecule has 0 aromatic rings. The zero-order valence-electron chi connectivity index (χ0n) is 20.6. The van der Waals surface area contributed by atoms with Crippen LogP contribution in [0.4, 0.5) is 0 Å². The van der Waals surface area contributed by atoms with Gasteiger partial charge in [0, 0.05) is 13.0 Å². The van der Waals surface area contributed by atoms with Crippen molar-refractivity contribution in [2.24, 2.45) is 0 Å². The third-order valence-corrected chi connectivity index (χ3v) is 7.20. The summed E-state index contributed by atoms with van der Waals surface area (Å²) in [6.45, 7) is 8.07. The second kappa shape index (κ2) is 18.1. The molecule has 4 nitrogen and oxygen atoms in total. The highest BCUT2D eigenvalue weighted by Crippen LogP contribution is 2.21. The summed E-state index contributed by atoms with van der Waals surface area (Å²) in [4.78, 5) is 14.1. The third kappa shape index (κ3) is 12.5. The van der Waals surface area contributed by atoms with Gasteiger partial charge in [0.15, 0.2) is 13.4 Å². The molecule has 0 saturated carbocycles. The monoisotopic (exact) mass is 459 g/mol. The summed E-state index contributed by atoms with van der Waals surface area (Å²) in [7, 11) is 0. The molecule has 184 valence electrons. The summed E-state index contributed by atoms with van der Waals surface area (Å²) in [5.74, 6) is 0.353. The number of hydrogen-bond donors (Lipinski definition) is 0. The zero-order valence-corrected chi connectivity index (χ0v) is 21.4. The first-order chi connectivity index (χ1) is 14.8. The minimum absolute atomic E-state index is 0. The summed E-state index contributed by atoms with van der Waals surface area (Å²) < 4.78 is 6.71. The fraction of sp³-hybridized carbons (Fsp3) is 0.962. The van der Waals surface area contributed by atoms with Crippen molar-refractivity contribution in [3.63, 3.8) is 0 Å². The second-order valence-electron chi connectivity index (χ2n) is 10.0. The van der Waals surface area contributed by atoms with Gasteiger partial charge < -0.3 is 4.74 Å². The molecule has 31 heavy (non-hydrogen) atoms. The quantitative estimate of drug-likeness (QED) is 0.153. The number of nitrogens with zero attached hydrogens (tertiary/aromatic N) is 2. The third-order valence-electron chi connectivity index (χ3n) is 7.20. The van der Waals surface area contributed by atoms with Gasteiger partial charge in [-0.25, -0.2) is 0 Å². The number of carbonyl (C=O) groups is 1. The van der Waals surface area contributed by atoms with Gasteiger partial charge in [0.25, 0.3) is 0 Å². The summed E-state index contributed by atoms with van der Waals surface area (Å²) in [6, 6.07) is 0. The van der Waals surface area contributed by atoms with E-state index in [1.54, 1.807) is 0 Å². The summed E-state index contributed by atoms with van der Waals surface area (Å²) in [5, 5.41) is 0. The normalized spacial score (nSPS) is 21.1. The van der Waals surface area contributed by atoms with Gasteiger partial charge in [-0.05, 0) is 19.3 Å². The molecule has 1 amide bonds. The number of unbranched alkanes of at least 4 members (excludes halogenated alkanes) is 15. The van der Waals surface area contributed by atoms with E-state index in [1.165, 1.54) is 109 Å². The van der Waals surface area contributed by atoms with E-state index >= 15 is 0 Å². The summed E-state index contributed by atoms with van der Waals surface area (Å²) in [6.07, 6.45) is 24.4. The SMILES string of the molecule is CCCCCCCCCCCCCCCCCC[N+]1(CN2CCCC2=O)CCOC1.Cl. The summed E-state index contributed by atoms with van der Waals surface area (Å²) in [5.41, 5.74) is 0. The van der Waals surface area contributed by atoms with E-state index in [4.69, 9.17) is 4.74 Å². The molecule has 1 atom stereocenters. The van der Waals surface area contributed by atoms with Crippen LogP contribution < -0.4 is 0 Å². The highest BCUT2D eigenvalue weighted by atomic mass is 35.5. The number of quaternary nitrogens is 1. The van der Waals surface area contributed by atoms with Crippen LogP contribution in [0.5, 0.6) is 0 Å². The van der Waals surface area contributed by atoms with Crippen LogP contribution in [-0.4, -0.2) is 54.9 Å². The number of ether oxygens (including phenoxy) is 1. The molecule has 0 N–H and O–H groups in total. The van der Waals surface area contributed by atoms with Crippen molar-refractivity contribution in [3.8, 4) is 0 Å². The molecule has 0 aliphatic carbocycles. The lowest BCUT2D eigenvalue weighted by molar-refractivity contribution is -0.933. The number of hydrogen-bond acceptors (Lipinski definition) is 2. The van der Waals surface area contributed by atoms with E-state index < -0.39 is 0 Å². The number of carbonyl (C=O) groups excluding carboxylic acids is 1. The van der Waals surface area contributed by atoms with E-state index in [1.807, 2.05) is 0 Å². The van der Waals surface area contributed by atoms with Crippen molar-refractivity contribution in [2.75, 3.05) is 39.6 Å². The second-order valence-corrected chi connectivity index (χ2v) is 10.0. The molecule has 1 unspecified atom stereocenters. The standard InChI is InChI=1S/C26H51N2O2.ClH/c1-2-3-4-5-6-7-8-9-10-11-12-13-14-15-16-17-21-28(22-23-30-25-28)24-27-20-18-19-26(27)29;/h2-25H2,1H3;1H/q+1;. The number of halogens is 1. The van der Waals surface area contributed by atoms with Gasteiger partial charge in [-0.2, -0.15) is 0 Å². The van der Waals surface area contributed by atoms with Gasteiger partial charge >= 0.3 is 0 Å².